The standard InChI is InChI=1S/C22H36F2.C2H6.CH4/c1-6-16(7-2)10-11-17-9-8-14-22(5)18(17)12-13-19(22)21(3,4)15-20(23)24;1-2;/h10-11,18-20H,6-9,12-15H2,1-5H3;1-2H3;1H4/b17-11+;;/t18?,19-,22?;;/m1../s1. The van der Waals surface area contributed by atoms with Crippen LogP contribution in [0.15, 0.2) is 23.3 Å². The highest BCUT2D eigenvalue weighted by atomic mass is 19.3. The second kappa shape index (κ2) is 11.4. The molecular formula is C25H46F2. The van der Waals surface area contributed by atoms with E-state index in [4.69, 9.17) is 0 Å². The van der Waals surface area contributed by atoms with Gasteiger partial charge in [0, 0.05) is 6.42 Å². The highest BCUT2D eigenvalue weighted by Crippen LogP contribution is 2.62. The van der Waals surface area contributed by atoms with Crippen LogP contribution in [0.3, 0.4) is 0 Å². The molecule has 0 nitrogen and oxygen atoms in total. The monoisotopic (exact) mass is 384 g/mol. The molecule has 0 spiro atoms. The summed E-state index contributed by atoms with van der Waals surface area (Å²) in [6, 6.07) is 0. The van der Waals surface area contributed by atoms with Crippen molar-refractivity contribution in [3.05, 3.63) is 23.3 Å². The molecule has 0 amide bonds. The third-order valence-corrected chi connectivity index (χ3v) is 7.03. The molecule has 0 aliphatic heterocycles. The highest BCUT2D eigenvalue weighted by molar-refractivity contribution is 5.25. The van der Waals surface area contributed by atoms with Crippen molar-refractivity contribution in [2.45, 2.75) is 114 Å². The van der Waals surface area contributed by atoms with Crippen molar-refractivity contribution in [3.8, 4) is 0 Å². The Morgan fingerprint density at radius 2 is 1.78 bits per heavy atom. The number of alkyl halides is 2. The van der Waals surface area contributed by atoms with E-state index in [1.54, 1.807) is 5.57 Å². The summed E-state index contributed by atoms with van der Waals surface area (Å²) in [6.45, 7) is 15.0. The van der Waals surface area contributed by atoms with Gasteiger partial charge in [-0.05, 0) is 67.6 Å². The van der Waals surface area contributed by atoms with Gasteiger partial charge in [0.2, 0.25) is 6.43 Å². The van der Waals surface area contributed by atoms with E-state index in [0.29, 0.717) is 11.8 Å². The molecule has 160 valence electrons. The smallest absolute Gasteiger partial charge is 0.211 e. The van der Waals surface area contributed by atoms with Gasteiger partial charge in [-0.25, -0.2) is 8.78 Å². The lowest BCUT2D eigenvalue weighted by Crippen LogP contribution is -2.40. The molecule has 0 heterocycles. The van der Waals surface area contributed by atoms with Crippen LogP contribution in [0.4, 0.5) is 8.78 Å². The quantitative estimate of drug-likeness (QED) is 0.428. The Balaban J connectivity index is 0.00000218. The SMILES string of the molecule is C.CC.CCC(=C/C=C1\CCCC2(C)C1CC[C@@H]2C(C)(C)CC(F)F)CC. The topological polar surface area (TPSA) is 0 Å². The van der Waals surface area contributed by atoms with E-state index >= 15 is 0 Å². The van der Waals surface area contributed by atoms with Crippen molar-refractivity contribution in [2.75, 3.05) is 0 Å². The minimum absolute atomic E-state index is 0. The first kappa shape index (κ1) is 26.3. The van der Waals surface area contributed by atoms with E-state index < -0.39 is 6.43 Å². The van der Waals surface area contributed by atoms with Gasteiger partial charge in [-0.2, -0.15) is 0 Å². The fourth-order valence-corrected chi connectivity index (χ4v) is 5.77. The van der Waals surface area contributed by atoms with Gasteiger partial charge in [-0.3, -0.25) is 0 Å². The van der Waals surface area contributed by atoms with Crippen molar-refractivity contribution in [1.29, 1.82) is 0 Å². The number of fused-ring (bicyclic) bond motifs is 1. The summed E-state index contributed by atoms with van der Waals surface area (Å²) in [5.74, 6) is 1.01. The summed E-state index contributed by atoms with van der Waals surface area (Å²) in [6.07, 6.45) is 10.7. The van der Waals surface area contributed by atoms with E-state index in [9.17, 15) is 8.78 Å². The van der Waals surface area contributed by atoms with Crippen LogP contribution in [0.1, 0.15) is 107 Å². The van der Waals surface area contributed by atoms with Gasteiger partial charge in [0.15, 0.2) is 0 Å². The van der Waals surface area contributed by atoms with Gasteiger partial charge in [-0.1, -0.05) is 79.2 Å². The molecule has 0 N–H and O–H groups in total. The molecule has 2 aliphatic rings. The second-order valence-corrected chi connectivity index (χ2v) is 8.90. The van der Waals surface area contributed by atoms with Crippen LogP contribution in [-0.2, 0) is 0 Å². The van der Waals surface area contributed by atoms with Crippen molar-refractivity contribution in [3.63, 3.8) is 0 Å². The van der Waals surface area contributed by atoms with Crippen LogP contribution in [0.2, 0.25) is 0 Å². The van der Waals surface area contributed by atoms with Crippen LogP contribution in [-0.4, -0.2) is 6.43 Å². The van der Waals surface area contributed by atoms with Crippen LogP contribution in [0, 0.1) is 22.7 Å². The molecule has 0 saturated heterocycles. The van der Waals surface area contributed by atoms with Crippen molar-refractivity contribution in [1.82, 2.24) is 0 Å². The van der Waals surface area contributed by atoms with Gasteiger partial charge in [-0.15, -0.1) is 0 Å². The molecule has 2 rings (SSSR count). The fraction of sp³-hybridized carbons (Fsp3) is 0.840. The lowest BCUT2D eigenvalue weighted by atomic mass is 9.57. The minimum atomic E-state index is -2.19. The van der Waals surface area contributed by atoms with E-state index in [2.05, 4.69) is 46.8 Å². The Hall–Kier alpha value is -0.660. The zero-order valence-corrected chi connectivity index (χ0v) is 18.3. The van der Waals surface area contributed by atoms with E-state index in [0.717, 1.165) is 19.3 Å². The number of allylic oxidation sites excluding steroid dienone is 4. The zero-order chi connectivity index (χ0) is 20.0. The molecule has 0 aromatic rings. The van der Waals surface area contributed by atoms with E-state index in [1.165, 1.54) is 31.3 Å². The molecule has 2 heteroatoms. The average molecular weight is 385 g/mol. The summed E-state index contributed by atoms with van der Waals surface area (Å²) >= 11 is 0. The van der Waals surface area contributed by atoms with Crippen molar-refractivity contribution < 1.29 is 8.78 Å². The summed E-state index contributed by atoms with van der Waals surface area (Å²) in [4.78, 5) is 0. The van der Waals surface area contributed by atoms with Crippen LogP contribution in [0.25, 0.3) is 0 Å². The first-order valence-corrected chi connectivity index (χ1v) is 10.9. The first-order chi connectivity index (χ1) is 12.2. The van der Waals surface area contributed by atoms with E-state index in [-0.39, 0.29) is 24.7 Å². The summed E-state index contributed by atoms with van der Waals surface area (Å²) in [5.41, 5.74) is 3.02. The minimum Gasteiger partial charge on any atom is -0.211 e. The normalized spacial score (nSPS) is 28.9. The Bertz CT molecular complexity index is 481. The molecule has 2 fully saturated rings. The zero-order valence-electron chi connectivity index (χ0n) is 18.3. The third kappa shape index (κ3) is 6.16. The number of halogens is 2. The Kier molecular flexibility index (Phi) is 11.1. The Morgan fingerprint density at radius 1 is 1.19 bits per heavy atom. The van der Waals surface area contributed by atoms with Crippen molar-refractivity contribution in [2.24, 2.45) is 22.7 Å². The fourth-order valence-electron chi connectivity index (χ4n) is 5.77. The molecular weight excluding hydrogens is 338 g/mol. The summed E-state index contributed by atoms with van der Waals surface area (Å²) in [7, 11) is 0. The predicted octanol–water partition coefficient (Wildman–Crippen LogP) is 9.22. The second-order valence-electron chi connectivity index (χ2n) is 8.90. The highest BCUT2D eigenvalue weighted by Gasteiger charge is 2.54. The molecule has 27 heavy (non-hydrogen) atoms. The van der Waals surface area contributed by atoms with Crippen LogP contribution in [0.5, 0.6) is 0 Å². The largest absolute Gasteiger partial charge is 0.239 e. The van der Waals surface area contributed by atoms with E-state index in [1.807, 2.05) is 13.8 Å². The first-order valence-electron chi connectivity index (χ1n) is 10.9. The molecule has 2 aliphatic carbocycles. The summed E-state index contributed by atoms with van der Waals surface area (Å²) in [5, 5.41) is 0. The third-order valence-electron chi connectivity index (χ3n) is 7.03. The lowest BCUT2D eigenvalue weighted by molar-refractivity contribution is -0.00122. The molecule has 2 unspecified atom stereocenters. The molecule has 0 aromatic heterocycles. The van der Waals surface area contributed by atoms with Gasteiger partial charge >= 0.3 is 0 Å². The Labute approximate surface area is 168 Å². The number of hydrogen-bond acceptors (Lipinski definition) is 0. The molecule has 3 atom stereocenters. The van der Waals surface area contributed by atoms with Crippen LogP contribution < -0.4 is 0 Å². The van der Waals surface area contributed by atoms with Crippen molar-refractivity contribution >= 4 is 0 Å². The Morgan fingerprint density at radius 3 is 2.30 bits per heavy atom. The summed E-state index contributed by atoms with van der Waals surface area (Å²) < 4.78 is 26.2. The molecule has 0 bridgehead atoms. The van der Waals surface area contributed by atoms with Gasteiger partial charge < -0.3 is 0 Å². The number of rotatable bonds is 6. The van der Waals surface area contributed by atoms with Crippen LogP contribution >= 0.6 is 0 Å². The molecule has 2 saturated carbocycles. The predicted molar refractivity (Wildman–Crippen MR) is 117 cm³/mol. The molecule has 0 aromatic carbocycles. The lowest BCUT2D eigenvalue weighted by Gasteiger charge is -2.48. The number of hydrogen-bond donors (Lipinski definition) is 0. The maximum absolute atomic E-state index is 13.1. The van der Waals surface area contributed by atoms with Gasteiger partial charge in [0.05, 0.1) is 0 Å². The maximum Gasteiger partial charge on any atom is 0.239 e. The maximum atomic E-state index is 13.1. The van der Waals surface area contributed by atoms with Gasteiger partial charge in [0.1, 0.15) is 0 Å². The molecule has 0 radical (unpaired) electrons. The average Bonchev–Trinajstić information content (AvgIpc) is 2.95. The van der Waals surface area contributed by atoms with Gasteiger partial charge in [0.25, 0.3) is 0 Å².